The van der Waals surface area contributed by atoms with Crippen LogP contribution in [0.25, 0.3) is 0 Å². The van der Waals surface area contributed by atoms with Crippen LogP contribution in [0, 0.1) is 0 Å². The van der Waals surface area contributed by atoms with Crippen molar-refractivity contribution in [3.8, 4) is 5.75 Å². The second-order valence-corrected chi connectivity index (χ2v) is 6.06. The minimum absolute atomic E-state index is 0.0883. The third-order valence-electron chi connectivity index (χ3n) is 4.37. The number of ether oxygens (including phenoxy) is 1. The highest BCUT2D eigenvalue weighted by Crippen LogP contribution is 2.33. The lowest BCUT2D eigenvalue weighted by Crippen LogP contribution is -2.16. The van der Waals surface area contributed by atoms with E-state index in [9.17, 15) is 5.11 Å². The molecule has 0 saturated heterocycles. The average molecular weight is 292 g/mol. The molecule has 2 rings (SSSR count). The van der Waals surface area contributed by atoms with Crippen molar-refractivity contribution in [2.75, 3.05) is 13.2 Å². The molecule has 21 heavy (non-hydrogen) atoms. The molecule has 0 heterocycles. The molecule has 0 aliphatic heterocycles. The van der Waals surface area contributed by atoms with Gasteiger partial charge >= 0.3 is 0 Å². The summed E-state index contributed by atoms with van der Waals surface area (Å²) in [6.45, 7) is 1.04. The Bertz CT molecular complexity index is 380. The first kappa shape index (κ1) is 16.3. The summed E-state index contributed by atoms with van der Waals surface area (Å²) in [5.74, 6) is 1.54. The zero-order chi connectivity index (χ0) is 14.9. The summed E-state index contributed by atoms with van der Waals surface area (Å²) in [5, 5.41) is 18.3. The molecule has 1 aromatic carbocycles. The maximum atomic E-state index is 9.56. The van der Waals surface area contributed by atoms with Crippen molar-refractivity contribution in [2.45, 2.75) is 63.4 Å². The Hall–Kier alpha value is -1.06. The summed E-state index contributed by atoms with van der Waals surface area (Å²) < 4.78 is 5.74. The van der Waals surface area contributed by atoms with Crippen molar-refractivity contribution in [1.82, 2.24) is 0 Å². The van der Waals surface area contributed by atoms with Crippen LogP contribution in [0.5, 0.6) is 5.75 Å². The second kappa shape index (κ2) is 9.06. The van der Waals surface area contributed by atoms with Crippen molar-refractivity contribution in [3.05, 3.63) is 29.8 Å². The molecule has 0 spiro atoms. The maximum Gasteiger partial charge on any atom is 0.119 e. The largest absolute Gasteiger partial charge is 0.494 e. The van der Waals surface area contributed by atoms with Gasteiger partial charge in [-0.25, -0.2) is 0 Å². The molecule has 1 saturated carbocycles. The van der Waals surface area contributed by atoms with E-state index in [1.165, 1.54) is 5.56 Å². The van der Waals surface area contributed by atoms with Gasteiger partial charge in [0.1, 0.15) is 5.75 Å². The van der Waals surface area contributed by atoms with E-state index in [0.29, 0.717) is 12.5 Å². The summed E-state index contributed by atoms with van der Waals surface area (Å²) >= 11 is 0. The second-order valence-electron chi connectivity index (χ2n) is 6.06. The van der Waals surface area contributed by atoms with E-state index >= 15 is 0 Å². The smallest absolute Gasteiger partial charge is 0.119 e. The molecular weight excluding hydrogens is 264 g/mol. The monoisotopic (exact) mass is 292 g/mol. The fourth-order valence-electron chi connectivity index (χ4n) is 3.00. The van der Waals surface area contributed by atoms with Crippen molar-refractivity contribution in [1.29, 1.82) is 0 Å². The van der Waals surface area contributed by atoms with Crippen LogP contribution in [0.2, 0.25) is 0 Å². The molecule has 0 aromatic heterocycles. The minimum atomic E-state index is -0.0883. The zero-order valence-electron chi connectivity index (χ0n) is 12.8. The van der Waals surface area contributed by atoms with Gasteiger partial charge in [0.25, 0.3) is 0 Å². The van der Waals surface area contributed by atoms with Gasteiger partial charge in [-0.3, -0.25) is 0 Å². The number of hydrogen-bond donors (Lipinski definition) is 2. The third kappa shape index (κ3) is 5.68. The SMILES string of the molecule is OCCCCCCOc1ccc([C@H]2CC[C@H](O)CC2)cc1. The molecule has 1 aromatic rings. The van der Waals surface area contributed by atoms with Gasteiger partial charge in [-0.1, -0.05) is 18.6 Å². The molecule has 0 amide bonds. The molecule has 0 radical (unpaired) electrons. The molecule has 2 N–H and O–H groups in total. The molecule has 1 aliphatic carbocycles. The maximum absolute atomic E-state index is 9.56. The highest BCUT2D eigenvalue weighted by atomic mass is 16.5. The van der Waals surface area contributed by atoms with Crippen LogP contribution in [0.1, 0.15) is 62.8 Å². The fourth-order valence-corrected chi connectivity index (χ4v) is 3.00. The molecule has 0 bridgehead atoms. The van der Waals surface area contributed by atoms with Gasteiger partial charge in [0, 0.05) is 6.61 Å². The molecule has 0 atom stereocenters. The predicted octanol–water partition coefficient (Wildman–Crippen LogP) is 3.64. The number of benzene rings is 1. The van der Waals surface area contributed by atoms with Gasteiger partial charge in [0.2, 0.25) is 0 Å². The van der Waals surface area contributed by atoms with Crippen LogP contribution >= 0.6 is 0 Å². The van der Waals surface area contributed by atoms with Crippen molar-refractivity contribution >= 4 is 0 Å². The van der Waals surface area contributed by atoms with Gasteiger partial charge in [-0.2, -0.15) is 0 Å². The van der Waals surface area contributed by atoms with E-state index in [1.807, 2.05) is 0 Å². The molecule has 1 aliphatic rings. The van der Waals surface area contributed by atoms with E-state index in [1.54, 1.807) is 0 Å². The molecule has 3 nitrogen and oxygen atoms in total. The minimum Gasteiger partial charge on any atom is -0.494 e. The average Bonchev–Trinajstić information content (AvgIpc) is 2.52. The Morgan fingerprint density at radius 3 is 2.24 bits per heavy atom. The quantitative estimate of drug-likeness (QED) is 0.719. The van der Waals surface area contributed by atoms with Gasteiger partial charge in [-0.15, -0.1) is 0 Å². The van der Waals surface area contributed by atoms with Crippen LogP contribution in [0.15, 0.2) is 24.3 Å². The number of aliphatic hydroxyl groups is 2. The van der Waals surface area contributed by atoms with Gasteiger partial charge in [-0.05, 0) is 68.6 Å². The summed E-state index contributed by atoms with van der Waals surface area (Å²) in [6.07, 6.45) is 8.07. The first-order chi connectivity index (χ1) is 10.3. The standard InChI is InChI=1S/C18H28O3/c19-13-3-1-2-4-14-21-18-11-7-16(8-12-18)15-5-9-17(20)10-6-15/h7-8,11-12,15,17,19-20H,1-6,9-10,13-14H2/t15-,17-. The Labute approximate surface area is 128 Å². The van der Waals surface area contributed by atoms with Gasteiger partial charge in [0.05, 0.1) is 12.7 Å². The number of aliphatic hydroxyl groups excluding tert-OH is 2. The van der Waals surface area contributed by atoms with Gasteiger partial charge < -0.3 is 14.9 Å². The van der Waals surface area contributed by atoms with E-state index in [2.05, 4.69) is 24.3 Å². The Kier molecular flexibility index (Phi) is 7.04. The molecule has 3 heteroatoms. The van der Waals surface area contributed by atoms with Crippen molar-refractivity contribution in [2.24, 2.45) is 0 Å². The van der Waals surface area contributed by atoms with Crippen LogP contribution in [-0.4, -0.2) is 29.5 Å². The fraction of sp³-hybridized carbons (Fsp3) is 0.667. The summed E-state index contributed by atoms with van der Waals surface area (Å²) in [7, 11) is 0. The Balaban J connectivity index is 1.69. The lowest BCUT2D eigenvalue weighted by atomic mass is 9.83. The van der Waals surface area contributed by atoms with E-state index in [4.69, 9.17) is 9.84 Å². The topological polar surface area (TPSA) is 49.7 Å². The highest BCUT2D eigenvalue weighted by Gasteiger charge is 2.20. The van der Waals surface area contributed by atoms with Crippen molar-refractivity contribution in [3.63, 3.8) is 0 Å². The van der Waals surface area contributed by atoms with E-state index in [-0.39, 0.29) is 6.10 Å². The number of unbranched alkanes of at least 4 members (excludes halogenated alkanes) is 3. The molecule has 1 fully saturated rings. The normalized spacial score (nSPS) is 22.2. The Morgan fingerprint density at radius 1 is 0.905 bits per heavy atom. The first-order valence-electron chi connectivity index (χ1n) is 8.31. The molecular formula is C18H28O3. The zero-order valence-corrected chi connectivity index (χ0v) is 12.8. The van der Waals surface area contributed by atoms with Crippen LogP contribution < -0.4 is 4.74 Å². The lowest BCUT2D eigenvalue weighted by Gasteiger charge is -2.25. The third-order valence-corrected chi connectivity index (χ3v) is 4.37. The molecule has 0 unspecified atom stereocenters. The van der Waals surface area contributed by atoms with E-state index < -0.39 is 0 Å². The summed E-state index contributed by atoms with van der Waals surface area (Å²) in [4.78, 5) is 0. The molecule has 118 valence electrons. The highest BCUT2D eigenvalue weighted by molar-refractivity contribution is 5.29. The predicted molar refractivity (Wildman–Crippen MR) is 84.7 cm³/mol. The van der Waals surface area contributed by atoms with Gasteiger partial charge in [0.15, 0.2) is 0 Å². The van der Waals surface area contributed by atoms with E-state index in [0.717, 1.165) is 63.7 Å². The van der Waals surface area contributed by atoms with Crippen LogP contribution in [0.4, 0.5) is 0 Å². The number of hydrogen-bond acceptors (Lipinski definition) is 3. The Morgan fingerprint density at radius 2 is 1.57 bits per heavy atom. The number of rotatable bonds is 8. The summed E-state index contributed by atoms with van der Waals surface area (Å²) in [5.41, 5.74) is 1.37. The van der Waals surface area contributed by atoms with Crippen molar-refractivity contribution < 1.29 is 14.9 Å². The van der Waals surface area contributed by atoms with Crippen LogP contribution in [-0.2, 0) is 0 Å². The lowest BCUT2D eigenvalue weighted by molar-refractivity contribution is 0.122. The van der Waals surface area contributed by atoms with Crippen LogP contribution in [0.3, 0.4) is 0 Å². The summed E-state index contributed by atoms with van der Waals surface area (Å²) in [6, 6.07) is 8.47. The first-order valence-corrected chi connectivity index (χ1v) is 8.31.